The number of amides is 1. The second-order valence-corrected chi connectivity index (χ2v) is 6.23. The summed E-state index contributed by atoms with van der Waals surface area (Å²) in [7, 11) is 1.80. The number of aromatic hydroxyl groups is 1. The van der Waals surface area contributed by atoms with Crippen LogP contribution >= 0.6 is 0 Å². The fraction of sp³-hybridized carbons (Fsp3) is 0.136. The zero-order chi connectivity index (χ0) is 18.0. The molecule has 0 saturated carbocycles. The van der Waals surface area contributed by atoms with Gasteiger partial charge in [0, 0.05) is 18.3 Å². The number of phenolic OH excluding ortho intramolecular Hbond substituents is 1. The van der Waals surface area contributed by atoms with Gasteiger partial charge in [-0.25, -0.2) is 0 Å². The van der Waals surface area contributed by atoms with Crippen molar-refractivity contribution in [2.45, 2.75) is 13.8 Å². The third kappa shape index (κ3) is 3.41. The highest BCUT2D eigenvalue weighted by molar-refractivity contribution is 6.08. The van der Waals surface area contributed by atoms with Crippen LogP contribution in [0, 0.1) is 13.8 Å². The van der Waals surface area contributed by atoms with Gasteiger partial charge in [0.15, 0.2) is 0 Å². The lowest BCUT2D eigenvalue weighted by Gasteiger charge is -2.20. The molecule has 25 heavy (non-hydrogen) atoms. The maximum Gasteiger partial charge on any atom is 0.258 e. The van der Waals surface area contributed by atoms with Crippen LogP contribution in [0.1, 0.15) is 21.5 Å². The molecule has 0 bridgehead atoms. The number of benzene rings is 3. The minimum absolute atomic E-state index is 0.0153. The van der Waals surface area contributed by atoms with E-state index >= 15 is 0 Å². The lowest BCUT2D eigenvalue weighted by atomic mass is 9.94. The van der Waals surface area contributed by atoms with Gasteiger partial charge in [0.1, 0.15) is 5.75 Å². The number of para-hydroxylation sites is 1. The van der Waals surface area contributed by atoms with E-state index in [4.69, 9.17) is 0 Å². The number of anilines is 1. The standard InChI is InChI=1S/C22H21NO2/c1-15-13-18(17-9-11-20(24)12-10-17)14-16(2)21(15)22(25)23(3)19-7-5-4-6-8-19/h4-14,24H,1-3H3. The Labute approximate surface area is 148 Å². The van der Waals surface area contributed by atoms with Crippen LogP contribution in [-0.2, 0) is 0 Å². The summed E-state index contributed by atoms with van der Waals surface area (Å²) in [5.41, 5.74) is 5.53. The van der Waals surface area contributed by atoms with Gasteiger partial charge in [-0.1, -0.05) is 42.5 Å². The summed E-state index contributed by atoms with van der Waals surface area (Å²) in [6.45, 7) is 3.92. The van der Waals surface area contributed by atoms with Gasteiger partial charge in [-0.2, -0.15) is 0 Å². The largest absolute Gasteiger partial charge is 0.508 e. The molecule has 0 saturated heterocycles. The molecule has 1 N–H and O–H groups in total. The number of nitrogens with zero attached hydrogens (tertiary/aromatic N) is 1. The molecule has 0 unspecified atom stereocenters. The van der Waals surface area contributed by atoms with Crippen LogP contribution in [0.4, 0.5) is 5.69 Å². The second kappa shape index (κ2) is 6.81. The van der Waals surface area contributed by atoms with E-state index in [1.165, 1.54) is 0 Å². The van der Waals surface area contributed by atoms with Gasteiger partial charge in [-0.05, 0) is 60.4 Å². The molecule has 0 aliphatic carbocycles. The highest BCUT2D eigenvalue weighted by atomic mass is 16.3. The predicted molar refractivity (Wildman–Crippen MR) is 102 cm³/mol. The Kier molecular flexibility index (Phi) is 4.57. The molecule has 0 fully saturated rings. The van der Waals surface area contributed by atoms with Gasteiger partial charge in [0.2, 0.25) is 0 Å². The van der Waals surface area contributed by atoms with E-state index in [1.54, 1.807) is 24.1 Å². The zero-order valence-electron chi connectivity index (χ0n) is 14.7. The van der Waals surface area contributed by atoms with Crippen molar-refractivity contribution in [2.75, 3.05) is 11.9 Å². The van der Waals surface area contributed by atoms with E-state index in [0.717, 1.165) is 33.5 Å². The van der Waals surface area contributed by atoms with Crippen molar-refractivity contribution in [3.8, 4) is 16.9 Å². The smallest absolute Gasteiger partial charge is 0.258 e. The van der Waals surface area contributed by atoms with E-state index in [2.05, 4.69) is 0 Å². The van der Waals surface area contributed by atoms with E-state index in [-0.39, 0.29) is 11.7 Å². The van der Waals surface area contributed by atoms with Crippen LogP contribution in [0.3, 0.4) is 0 Å². The SMILES string of the molecule is Cc1cc(-c2ccc(O)cc2)cc(C)c1C(=O)N(C)c1ccccc1. The van der Waals surface area contributed by atoms with E-state index < -0.39 is 0 Å². The fourth-order valence-corrected chi connectivity index (χ4v) is 3.06. The quantitative estimate of drug-likeness (QED) is 0.737. The lowest BCUT2D eigenvalue weighted by molar-refractivity contribution is 0.0992. The molecular weight excluding hydrogens is 310 g/mol. The molecule has 3 nitrogen and oxygen atoms in total. The number of hydrogen-bond acceptors (Lipinski definition) is 2. The molecule has 1 amide bonds. The summed E-state index contributed by atoms with van der Waals surface area (Å²) in [4.78, 5) is 14.6. The van der Waals surface area contributed by atoms with Gasteiger partial charge >= 0.3 is 0 Å². The van der Waals surface area contributed by atoms with E-state index in [0.29, 0.717) is 0 Å². The summed E-state index contributed by atoms with van der Waals surface area (Å²) < 4.78 is 0. The van der Waals surface area contributed by atoms with Crippen LogP contribution in [0.2, 0.25) is 0 Å². The van der Waals surface area contributed by atoms with Crippen molar-refractivity contribution in [3.05, 3.63) is 83.4 Å². The normalized spacial score (nSPS) is 10.5. The Balaban J connectivity index is 1.98. The van der Waals surface area contributed by atoms with Crippen molar-refractivity contribution in [1.82, 2.24) is 0 Å². The molecule has 0 aliphatic rings. The molecule has 126 valence electrons. The average molecular weight is 331 g/mol. The van der Waals surface area contributed by atoms with Gasteiger partial charge in [0.05, 0.1) is 0 Å². The van der Waals surface area contributed by atoms with Crippen LogP contribution < -0.4 is 4.90 Å². The zero-order valence-corrected chi connectivity index (χ0v) is 14.7. The van der Waals surface area contributed by atoms with Crippen LogP contribution in [0.15, 0.2) is 66.7 Å². The average Bonchev–Trinajstić information content (AvgIpc) is 2.61. The molecule has 3 aromatic rings. The molecule has 3 heteroatoms. The molecule has 0 radical (unpaired) electrons. The molecular formula is C22H21NO2. The predicted octanol–water partition coefficient (Wildman–Crippen LogP) is 4.95. The van der Waals surface area contributed by atoms with Crippen molar-refractivity contribution in [2.24, 2.45) is 0 Å². The number of rotatable bonds is 3. The van der Waals surface area contributed by atoms with Crippen molar-refractivity contribution in [1.29, 1.82) is 0 Å². The summed E-state index contributed by atoms with van der Waals surface area (Å²) in [5.74, 6) is 0.229. The Morgan fingerprint density at radius 1 is 0.840 bits per heavy atom. The molecule has 3 rings (SSSR count). The van der Waals surface area contributed by atoms with Gasteiger partial charge < -0.3 is 10.0 Å². The Morgan fingerprint density at radius 3 is 1.96 bits per heavy atom. The molecule has 0 heterocycles. The lowest BCUT2D eigenvalue weighted by Crippen LogP contribution is -2.27. The van der Waals surface area contributed by atoms with Crippen LogP contribution in [-0.4, -0.2) is 18.1 Å². The van der Waals surface area contributed by atoms with E-state index in [9.17, 15) is 9.90 Å². The second-order valence-electron chi connectivity index (χ2n) is 6.23. The molecule has 0 spiro atoms. The first-order valence-corrected chi connectivity index (χ1v) is 8.21. The number of phenols is 1. The van der Waals surface area contributed by atoms with Crippen molar-refractivity contribution < 1.29 is 9.90 Å². The number of aryl methyl sites for hydroxylation is 2. The third-order valence-electron chi connectivity index (χ3n) is 4.40. The minimum Gasteiger partial charge on any atom is -0.508 e. The highest BCUT2D eigenvalue weighted by Crippen LogP contribution is 2.28. The first-order chi connectivity index (χ1) is 12.0. The Morgan fingerprint density at radius 2 is 1.40 bits per heavy atom. The highest BCUT2D eigenvalue weighted by Gasteiger charge is 2.18. The van der Waals surface area contributed by atoms with Crippen LogP contribution in [0.5, 0.6) is 5.75 Å². The third-order valence-corrected chi connectivity index (χ3v) is 4.40. The number of carbonyl (C=O) groups is 1. The summed E-state index contributed by atoms with van der Waals surface area (Å²) in [6.07, 6.45) is 0. The monoisotopic (exact) mass is 331 g/mol. The van der Waals surface area contributed by atoms with Gasteiger partial charge in [-0.15, -0.1) is 0 Å². The fourth-order valence-electron chi connectivity index (χ4n) is 3.06. The van der Waals surface area contributed by atoms with Crippen LogP contribution in [0.25, 0.3) is 11.1 Å². The maximum atomic E-state index is 13.0. The van der Waals surface area contributed by atoms with Crippen molar-refractivity contribution >= 4 is 11.6 Å². The van der Waals surface area contributed by atoms with E-state index in [1.807, 2.05) is 68.4 Å². The first kappa shape index (κ1) is 16.8. The van der Waals surface area contributed by atoms with Crippen molar-refractivity contribution in [3.63, 3.8) is 0 Å². The molecule has 0 aromatic heterocycles. The topological polar surface area (TPSA) is 40.5 Å². The van der Waals surface area contributed by atoms with Gasteiger partial charge in [0.25, 0.3) is 5.91 Å². The van der Waals surface area contributed by atoms with Gasteiger partial charge in [-0.3, -0.25) is 4.79 Å². The Hall–Kier alpha value is -3.07. The summed E-state index contributed by atoms with van der Waals surface area (Å²) in [5, 5.41) is 9.45. The molecule has 3 aromatic carbocycles. The number of carbonyl (C=O) groups excluding carboxylic acids is 1. The summed E-state index contributed by atoms with van der Waals surface area (Å²) >= 11 is 0. The summed E-state index contributed by atoms with van der Waals surface area (Å²) in [6, 6.07) is 20.8. The minimum atomic E-state index is -0.0153. The molecule has 0 atom stereocenters. The maximum absolute atomic E-state index is 13.0. The molecule has 0 aliphatic heterocycles. The Bertz CT molecular complexity index is 876. The number of hydrogen-bond donors (Lipinski definition) is 1. The first-order valence-electron chi connectivity index (χ1n) is 8.21.